The number of para-hydroxylation sites is 1. The third kappa shape index (κ3) is 2.88. The van der Waals surface area contributed by atoms with Gasteiger partial charge in [0.05, 0.1) is 0 Å². The molecule has 0 saturated carbocycles. The van der Waals surface area contributed by atoms with Gasteiger partial charge < -0.3 is 5.32 Å². The average Bonchev–Trinajstić information content (AvgIpc) is 3.20. The first-order chi connectivity index (χ1) is 12.5. The Morgan fingerprint density at radius 2 is 2.04 bits per heavy atom. The van der Waals surface area contributed by atoms with Crippen molar-refractivity contribution < 1.29 is 9.18 Å². The molecule has 1 aliphatic carbocycles. The number of benzene rings is 2. The predicted molar refractivity (Wildman–Crippen MR) is 99.7 cm³/mol. The van der Waals surface area contributed by atoms with Crippen LogP contribution < -0.4 is 5.32 Å². The summed E-state index contributed by atoms with van der Waals surface area (Å²) in [6, 6.07) is 11.8. The molecule has 4 nitrogen and oxygen atoms in total. The topological polar surface area (TPSA) is 46.9 Å². The highest BCUT2D eigenvalue weighted by Crippen LogP contribution is 2.29. The van der Waals surface area contributed by atoms with Gasteiger partial charge in [0.25, 0.3) is 5.91 Å². The van der Waals surface area contributed by atoms with Crippen LogP contribution in [0.15, 0.2) is 42.5 Å². The summed E-state index contributed by atoms with van der Waals surface area (Å²) in [5, 5.41) is 7.96. The third-order valence-electron chi connectivity index (χ3n) is 4.66. The molecule has 0 fully saturated rings. The number of hydrogen-bond donors (Lipinski definition) is 1. The number of halogens is 2. The lowest BCUT2D eigenvalue weighted by Gasteiger charge is -2.08. The van der Waals surface area contributed by atoms with E-state index in [1.807, 2.05) is 6.92 Å². The molecule has 0 aliphatic heterocycles. The molecule has 0 radical (unpaired) electrons. The summed E-state index contributed by atoms with van der Waals surface area (Å²) >= 11 is 5.97. The van der Waals surface area contributed by atoms with Gasteiger partial charge in [-0.05, 0) is 62.1 Å². The standard InChI is InChI=1S/C20H17ClFN3O/c1-12-11-13(21)9-10-16(12)23-20(26)19-14-5-4-8-17(14)25(24-19)18-7-3-2-6-15(18)22/h2-3,6-7,9-11H,4-5,8H2,1H3,(H,23,26). The van der Waals surface area contributed by atoms with Gasteiger partial charge in [0, 0.05) is 22.0 Å². The summed E-state index contributed by atoms with van der Waals surface area (Å²) in [5.41, 5.74) is 4.09. The molecular formula is C20H17ClFN3O. The van der Waals surface area contributed by atoms with E-state index in [0.29, 0.717) is 22.1 Å². The molecule has 0 bridgehead atoms. The highest BCUT2D eigenvalue weighted by Gasteiger charge is 2.28. The summed E-state index contributed by atoms with van der Waals surface area (Å²) in [5.74, 6) is -0.645. The number of rotatable bonds is 3. The lowest BCUT2D eigenvalue weighted by Crippen LogP contribution is -2.15. The van der Waals surface area contributed by atoms with Crippen molar-refractivity contribution in [2.45, 2.75) is 26.2 Å². The van der Waals surface area contributed by atoms with Crippen molar-refractivity contribution in [3.05, 3.63) is 75.8 Å². The Hall–Kier alpha value is -2.66. The van der Waals surface area contributed by atoms with Crippen molar-refractivity contribution in [2.75, 3.05) is 5.32 Å². The van der Waals surface area contributed by atoms with E-state index in [1.54, 1.807) is 41.1 Å². The van der Waals surface area contributed by atoms with Gasteiger partial charge in [0.15, 0.2) is 5.69 Å². The molecule has 1 aliphatic rings. The Kier molecular flexibility index (Phi) is 4.24. The molecule has 1 amide bonds. The maximum Gasteiger partial charge on any atom is 0.276 e. The zero-order valence-electron chi connectivity index (χ0n) is 14.2. The van der Waals surface area contributed by atoms with E-state index in [1.165, 1.54) is 6.07 Å². The fraction of sp³-hybridized carbons (Fsp3) is 0.200. The Morgan fingerprint density at radius 3 is 2.81 bits per heavy atom. The van der Waals surface area contributed by atoms with Gasteiger partial charge in [0.1, 0.15) is 11.5 Å². The Balaban J connectivity index is 1.72. The minimum atomic E-state index is -0.356. The summed E-state index contributed by atoms with van der Waals surface area (Å²) in [4.78, 5) is 12.8. The number of nitrogens with zero attached hydrogens (tertiary/aromatic N) is 2. The molecule has 0 atom stereocenters. The zero-order valence-corrected chi connectivity index (χ0v) is 15.0. The Bertz CT molecular complexity index is 1010. The summed E-state index contributed by atoms with van der Waals surface area (Å²) in [6.07, 6.45) is 2.48. The second-order valence-electron chi connectivity index (χ2n) is 6.40. The smallest absolute Gasteiger partial charge is 0.276 e. The van der Waals surface area contributed by atoms with Crippen LogP contribution >= 0.6 is 11.6 Å². The van der Waals surface area contributed by atoms with Crippen LogP contribution in [0.25, 0.3) is 5.69 Å². The molecule has 0 unspecified atom stereocenters. The van der Waals surface area contributed by atoms with Gasteiger partial charge >= 0.3 is 0 Å². The van der Waals surface area contributed by atoms with Gasteiger partial charge in [-0.15, -0.1) is 0 Å². The highest BCUT2D eigenvalue weighted by molar-refractivity contribution is 6.30. The lowest BCUT2D eigenvalue weighted by atomic mass is 10.1. The fourth-order valence-electron chi connectivity index (χ4n) is 3.39. The Labute approximate surface area is 155 Å². The number of aromatic nitrogens is 2. The first-order valence-corrected chi connectivity index (χ1v) is 8.85. The van der Waals surface area contributed by atoms with E-state index >= 15 is 0 Å². The van der Waals surface area contributed by atoms with E-state index in [4.69, 9.17) is 11.6 Å². The van der Waals surface area contributed by atoms with Crippen LogP contribution in [0.3, 0.4) is 0 Å². The van der Waals surface area contributed by atoms with E-state index in [0.717, 1.165) is 36.1 Å². The molecule has 1 heterocycles. The van der Waals surface area contributed by atoms with Crippen LogP contribution in [0.4, 0.5) is 10.1 Å². The van der Waals surface area contributed by atoms with Crippen molar-refractivity contribution >= 4 is 23.2 Å². The van der Waals surface area contributed by atoms with Crippen molar-refractivity contribution in [3.8, 4) is 5.69 Å². The minimum absolute atomic E-state index is 0.288. The molecule has 26 heavy (non-hydrogen) atoms. The van der Waals surface area contributed by atoms with Gasteiger partial charge in [-0.3, -0.25) is 4.79 Å². The quantitative estimate of drug-likeness (QED) is 0.726. The number of hydrogen-bond acceptors (Lipinski definition) is 2. The van der Waals surface area contributed by atoms with Gasteiger partial charge in [0.2, 0.25) is 0 Å². The largest absolute Gasteiger partial charge is 0.320 e. The van der Waals surface area contributed by atoms with Crippen LogP contribution in [0.2, 0.25) is 5.02 Å². The van der Waals surface area contributed by atoms with Crippen molar-refractivity contribution in [2.24, 2.45) is 0 Å². The molecule has 3 aromatic rings. The van der Waals surface area contributed by atoms with Gasteiger partial charge in [-0.25, -0.2) is 9.07 Å². The van der Waals surface area contributed by atoms with Crippen molar-refractivity contribution in [3.63, 3.8) is 0 Å². The number of anilines is 1. The minimum Gasteiger partial charge on any atom is -0.320 e. The SMILES string of the molecule is Cc1cc(Cl)ccc1NC(=O)c1nn(-c2ccccc2F)c2c1CCC2. The number of aryl methyl sites for hydroxylation is 1. The lowest BCUT2D eigenvalue weighted by molar-refractivity contribution is 0.102. The summed E-state index contributed by atoms with van der Waals surface area (Å²) in [7, 11) is 0. The summed E-state index contributed by atoms with van der Waals surface area (Å²) < 4.78 is 15.8. The van der Waals surface area contributed by atoms with Crippen LogP contribution in [0.1, 0.15) is 33.7 Å². The number of carbonyl (C=O) groups is 1. The predicted octanol–water partition coefficient (Wildman–Crippen LogP) is 4.71. The van der Waals surface area contributed by atoms with Crippen molar-refractivity contribution in [1.82, 2.24) is 9.78 Å². The van der Waals surface area contributed by atoms with E-state index in [-0.39, 0.29) is 11.7 Å². The van der Waals surface area contributed by atoms with Crippen LogP contribution in [-0.4, -0.2) is 15.7 Å². The molecule has 132 valence electrons. The summed E-state index contributed by atoms with van der Waals surface area (Å²) in [6.45, 7) is 1.88. The second kappa shape index (κ2) is 6.57. The Morgan fingerprint density at radius 1 is 1.23 bits per heavy atom. The van der Waals surface area contributed by atoms with E-state index in [2.05, 4.69) is 10.4 Å². The normalized spacial score (nSPS) is 12.9. The maximum atomic E-state index is 14.2. The van der Waals surface area contributed by atoms with E-state index in [9.17, 15) is 9.18 Å². The van der Waals surface area contributed by atoms with Gasteiger partial charge in [-0.2, -0.15) is 5.10 Å². The highest BCUT2D eigenvalue weighted by atomic mass is 35.5. The molecule has 0 spiro atoms. The van der Waals surface area contributed by atoms with Gasteiger partial charge in [-0.1, -0.05) is 23.7 Å². The number of nitrogens with one attached hydrogen (secondary N) is 1. The number of amides is 1. The average molecular weight is 370 g/mol. The number of fused-ring (bicyclic) bond motifs is 1. The monoisotopic (exact) mass is 369 g/mol. The van der Waals surface area contributed by atoms with Crippen LogP contribution in [-0.2, 0) is 12.8 Å². The molecule has 1 N–H and O–H groups in total. The van der Waals surface area contributed by atoms with Crippen molar-refractivity contribution in [1.29, 1.82) is 0 Å². The molecule has 6 heteroatoms. The van der Waals surface area contributed by atoms with E-state index < -0.39 is 0 Å². The molecular weight excluding hydrogens is 353 g/mol. The van der Waals surface area contributed by atoms with Crippen LogP contribution in [0.5, 0.6) is 0 Å². The first-order valence-electron chi connectivity index (χ1n) is 8.48. The number of carbonyl (C=O) groups excluding carboxylic acids is 1. The molecule has 0 saturated heterocycles. The second-order valence-corrected chi connectivity index (χ2v) is 6.84. The molecule has 2 aromatic carbocycles. The first kappa shape index (κ1) is 16.8. The molecule has 1 aromatic heterocycles. The van der Waals surface area contributed by atoms with Crippen LogP contribution in [0, 0.1) is 12.7 Å². The molecule has 4 rings (SSSR count). The third-order valence-corrected chi connectivity index (χ3v) is 4.90. The zero-order chi connectivity index (χ0) is 18.3. The fourth-order valence-corrected chi connectivity index (χ4v) is 3.62. The maximum absolute atomic E-state index is 14.2.